The van der Waals surface area contributed by atoms with Crippen molar-refractivity contribution in [2.75, 3.05) is 5.75 Å². The van der Waals surface area contributed by atoms with Crippen molar-refractivity contribution in [1.82, 2.24) is 30.9 Å². The van der Waals surface area contributed by atoms with Crippen LogP contribution >= 0.6 is 11.8 Å². The topological polar surface area (TPSA) is 120 Å². The highest BCUT2D eigenvalue weighted by molar-refractivity contribution is 7.99. The van der Waals surface area contributed by atoms with Gasteiger partial charge in [0.2, 0.25) is 11.1 Å². The third-order valence-corrected chi connectivity index (χ3v) is 5.80. The van der Waals surface area contributed by atoms with Crippen molar-refractivity contribution in [3.8, 4) is 11.4 Å². The lowest BCUT2D eigenvalue weighted by Gasteiger charge is -2.30. The molecule has 1 saturated heterocycles. The van der Waals surface area contributed by atoms with Crippen molar-refractivity contribution < 1.29 is 14.4 Å². The number of imide groups is 1. The molecule has 0 atom stereocenters. The van der Waals surface area contributed by atoms with Crippen LogP contribution in [0.3, 0.4) is 0 Å². The molecule has 146 valence electrons. The predicted octanol–water partition coefficient (Wildman–Crippen LogP) is 1.85. The summed E-state index contributed by atoms with van der Waals surface area (Å²) in [6.45, 7) is 0. The quantitative estimate of drug-likeness (QED) is 0.520. The molecule has 1 saturated carbocycles. The van der Waals surface area contributed by atoms with Crippen LogP contribution in [0.2, 0.25) is 0 Å². The molecule has 1 aromatic carbocycles. The largest absolute Gasteiger partial charge is 0.344 e. The molecule has 2 aromatic rings. The Kier molecular flexibility index (Phi) is 5.03. The molecule has 2 fully saturated rings. The first-order chi connectivity index (χ1) is 13.6. The molecular formula is C18H20N6O3S. The van der Waals surface area contributed by atoms with E-state index in [1.807, 2.05) is 30.3 Å². The number of carbonyl (C=O) groups excluding carboxylic acids is 3. The number of urea groups is 1. The molecule has 0 bridgehead atoms. The third kappa shape index (κ3) is 3.59. The third-order valence-electron chi connectivity index (χ3n) is 4.95. The fraction of sp³-hybridized carbons (Fsp3) is 0.389. The second-order valence-corrected chi connectivity index (χ2v) is 7.81. The number of hydrogen-bond donors (Lipinski definition) is 3. The SMILES string of the molecule is O=C(CSc1n[nH]c(-c2ccccc2)n1)NN1C(=O)NC2(CCCCC2)C1=O. The Morgan fingerprint density at radius 2 is 1.93 bits per heavy atom. The first-order valence-electron chi connectivity index (χ1n) is 9.14. The average Bonchev–Trinajstić information content (AvgIpc) is 3.27. The maximum absolute atomic E-state index is 12.7. The summed E-state index contributed by atoms with van der Waals surface area (Å²) in [6.07, 6.45) is 4.04. The lowest BCUT2D eigenvalue weighted by molar-refractivity contribution is -0.139. The number of nitrogens with zero attached hydrogens (tertiary/aromatic N) is 3. The number of rotatable bonds is 5. The number of nitrogens with one attached hydrogen (secondary N) is 3. The second-order valence-electron chi connectivity index (χ2n) is 6.87. The number of amides is 4. The van der Waals surface area contributed by atoms with Crippen molar-refractivity contribution in [3.63, 3.8) is 0 Å². The molecule has 1 aliphatic carbocycles. The van der Waals surface area contributed by atoms with Crippen LogP contribution in [0.15, 0.2) is 35.5 Å². The van der Waals surface area contributed by atoms with Gasteiger partial charge in [-0.15, -0.1) is 5.10 Å². The Morgan fingerprint density at radius 3 is 2.68 bits per heavy atom. The van der Waals surface area contributed by atoms with Crippen LogP contribution in [0, 0.1) is 0 Å². The zero-order valence-corrected chi connectivity index (χ0v) is 15.9. The summed E-state index contributed by atoms with van der Waals surface area (Å²) in [4.78, 5) is 41.4. The Labute approximate surface area is 165 Å². The molecule has 2 aliphatic rings. The van der Waals surface area contributed by atoms with Gasteiger partial charge in [-0.05, 0) is 12.8 Å². The van der Waals surface area contributed by atoms with Crippen LogP contribution < -0.4 is 10.7 Å². The minimum absolute atomic E-state index is 0.0177. The van der Waals surface area contributed by atoms with Gasteiger partial charge in [-0.2, -0.15) is 5.01 Å². The first-order valence-corrected chi connectivity index (χ1v) is 10.1. The Bertz CT molecular complexity index is 894. The Balaban J connectivity index is 1.33. The normalized spacial score (nSPS) is 18.4. The molecular weight excluding hydrogens is 380 g/mol. The molecule has 4 rings (SSSR count). The number of hydrogen-bond acceptors (Lipinski definition) is 6. The number of hydrazine groups is 1. The van der Waals surface area contributed by atoms with Crippen molar-refractivity contribution >= 4 is 29.6 Å². The number of aromatic nitrogens is 3. The van der Waals surface area contributed by atoms with Gasteiger partial charge in [0, 0.05) is 5.56 Å². The van der Waals surface area contributed by atoms with E-state index in [-0.39, 0.29) is 11.7 Å². The molecule has 28 heavy (non-hydrogen) atoms. The van der Waals surface area contributed by atoms with Gasteiger partial charge >= 0.3 is 6.03 Å². The van der Waals surface area contributed by atoms with E-state index in [1.54, 1.807) is 0 Å². The Hall–Kier alpha value is -2.88. The molecule has 2 heterocycles. The van der Waals surface area contributed by atoms with Crippen molar-refractivity contribution in [2.45, 2.75) is 42.8 Å². The monoisotopic (exact) mass is 400 g/mol. The van der Waals surface area contributed by atoms with Gasteiger partial charge in [-0.1, -0.05) is 61.4 Å². The molecule has 4 amide bonds. The number of aromatic amines is 1. The Morgan fingerprint density at radius 1 is 1.18 bits per heavy atom. The molecule has 1 aliphatic heterocycles. The standard InChI is InChI=1S/C18H20N6O3S/c25-13(11-28-16-19-14(21-22-16)12-7-3-1-4-8-12)23-24-15(26)18(20-17(24)27)9-5-2-6-10-18/h1,3-4,7-8H,2,5-6,9-11H2,(H,20,27)(H,23,25)(H,19,21,22). The van der Waals surface area contributed by atoms with E-state index < -0.39 is 17.5 Å². The predicted molar refractivity (Wildman–Crippen MR) is 102 cm³/mol. The maximum Gasteiger partial charge on any atom is 0.344 e. The zero-order valence-electron chi connectivity index (χ0n) is 15.1. The molecule has 10 heteroatoms. The van der Waals surface area contributed by atoms with E-state index >= 15 is 0 Å². The minimum atomic E-state index is -0.857. The summed E-state index contributed by atoms with van der Waals surface area (Å²) >= 11 is 1.12. The minimum Gasteiger partial charge on any atom is -0.322 e. The molecule has 0 radical (unpaired) electrons. The van der Waals surface area contributed by atoms with Crippen molar-refractivity contribution in [1.29, 1.82) is 0 Å². The summed E-state index contributed by atoms with van der Waals surface area (Å²) in [7, 11) is 0. The van der Waals surface area contributed by atoms with Crippen LogP contribution in [0.4, 0.5) is 4.79 Å². The maximum atomic E-state index is 12.7. The van der Waals surface area contributed by atoms with Crippen molar-refractivity contribution in [3.05, 3.63) is 30.3 Å². The van der Waals surface area contributed by atoms with Crippen LogP contribution in [-0.2, 0) is 9.59 Å². The smallest absolute Gasteiger partial charge is 0.322 e. The van der Waals surface area contributed by atoms with Crippen LogP contribution in [0.1, 0.15) is 32.1 Å². The average molecular weight is 400 g/mol. The van der Waals surface area contributed by atoms with Gasteiger partial charge in [0.05, 0.1) is 5.75 Å². The summed E-state index contributed by atoms with van der Waals surface area (Å²) in [5.74, 6) is -0.250. The summed E-state index contributed by atoms with van der Waals surface area (Å²) in [6, 6.07) is 8.94. The van der Waals surface area contributed by atoms with Crippen LogP contribution in [0.25, 0.3) is 11.4 Å². The van der Waals surface area contributed by atoms with Crippen LogP contribution in [-0.4, -0.2) is 49.3 Å². The van der Waals surface area contributed by atoms with Gasteiger partial charge in [-0.3, -0.25) is 20.1 Å². The molecule has 0 unspecified atom stereocenters. The molecule has 1 aromatic heterocycles. The van der Waals surface area contributed by atoms with E-state index in [2.05, 4.69) is 25.9 Å². The summed E-state index contributed by atoms with van der Waals surface area (Å²) in [5.41, 5.74) is 2.44. The van der Waals surface area contributed by atoms with Crippen molar-refractivity contribution in [2.24, 2.45) is 0 Å². The number of benzene rings is 1. The van der Waals surface area contributed by atoms with Gasteiger partial charge < -0.3 is 5.32 Å². The lowest BCUT2D eigenvalue weighted by atomic mass is 9.82. The zero-order chi connectivity index (χ0) is 19.6. The lowest BCUT2D eigenvalue weighted by Crippen LogP contribution is -2.51. The van der Waals surface area contributed by atoms with Gasteiger partial charge in [0.1, 0.15) is 5.54 Å². The fourth-order valence-electron chi connectivity index (χ4n) is 3.54. The van der Waals surface area contributed by atoms with E-state index in [9.17, 15) is 14.4 Å². The highest BCUT2D eigenvalue weighted by atomic mass is 32.2. The number of thioether (sulfide) groups is 1. The van der Waals surface area contributed by atoms with Gasteiger partial charge in [-0.25, -0.2) is 9.78 Å². The van der Waals surface area contributed by atoms with Crippen LogP contribution in [0.5, 0.6) is 0 Å². The first kappa shape index (κ1) is 18.5. The summed E-state index contributed by atoms with van der Waals surface area (Å²) < 4.78 is 0. The van der Waals surface area contributed by atoms with E-state index in [4.69, 9.17) is 0 Å². The number of carbonyl (C=O) groups is 3. The van der Waals surface area contributed by atoms with E-state index in [0.29, 0.717) is 23.8 Å². The van der Waals surface area contributed by atoms with Gasteiger partial charge in [0.25, 0.3) is 5.91 Å². The highest BCUT2D eigenvalue weighted by Crippen LogP contribution is 2.33. The highest BCUT2D eigenvalue weighted by Gasteiger charge is 2.52. The summed E-state index contributed by atoms with van der Waals surface area (Å²) in [5, 5.41) is 10.9. The molecule has 9 nitrogen and oxygen atoms in total. The number of H-pyrrole nitrogens is 1. The van der Waals surface area contributed by atoms with Gasteiger partial charge in [0.15, 0.2) is 5.82 Å². The second kappa shape index (κ2) is 7.63. The van der Waals surface area contributed by atoms with E-state index in [0.717, 1.165) is 41.6 Å². The fourth-order valence-corrected chi connectivity index (χ4v) is 4.13. The van der Waals surface area contributed by atoms with E-state index in [1.165, 1.54) is 0 Å². The molecule has 3 N–H and O–H groups in total. The molecule has 1 spiro atoms.